The second kappa shape index (κ2) is 3.59. The molecular formula is C11H19N3O. The normalized spacial score (nSPS) is 17.9. The Morgan fingerprint density at radius 2 is 2.00 bits per heavy atom. The van der Waals surface area contributed by atoms with Crippen LogP contribution < -0.4 is 0 Å². The first-order valence-corrected chi connectivity index (χ1v) is 5.59. The summed E-state index contributed by atoms with van der Waals surface area (Å²) in [5.74, 6) is 2.29. The molecule has 1 fully saturated rings. The highest BCUT2D eigenvalue weighted by Gasteiger charge is 2.30. The summed E-state index contributed by atoms with van der Waals surface area (Å²) in [5.41, 5.74) is -0.0491. The highest BCUT2D eigenvalue weighted by atomic mass is 16.3. The van der Waals surface area contributed by atoms with Gasteiger partial charge in [0.1, 0.15) is 12.4 Å². The predicted octanol–water partition coefficient (Wildman–Crippen LogP) is 1.79. The third-order valence-corrected chi connectivity index (χ3v) is 3.04. The first kappa shape index (κ1) is 10.6. The maximum atomic E-state index is 9.24. The van der Waals surface area contributed by atoms with Crippen molar-refractivity contribution in [1.82, 2.24) is 14.8 Å². The van der Waals surface area contributed by atoms with Crippen LogP contribution in [0.4, 0.5) is 0 Å². The fourth-order valence-corrected chi connectivity index (χ4v) is 2.09. The first-order valence-electron chi connectivity index (χ1n) is 5.59. The van der Waals surface area contributed by atoms with Crippen LogP contribution in [0.15, 0.2) is 0 Å². The molecule has 2 rings (SSSR count). The lowest BCUT2D eigenvalue weighted by Gasteiger charge is -2.31. The Morgan fingerprint density at radius 3 is 2.40 bits per heavy atom. The van der Waals surface area contributed by atoms with Crippen LogP contribution in [0.5, 0.6) is 0 Å². The van der Waals surface area contributed by atoms with Gasteiger partial charge in [-0.3, -0.25) is 0 Å². The fraction of sp³-hybridized carbons (Fsp3) is 0.818. The second-order valence-corrected chi connectivity index (χ2v) is 5.27. The number of hydrogen-bond acceptors (Lipinski definition) is 3. The van der Waals surface area contributed by atoms with Crippen molar-refractivity contribution in [2.75, 3.05) is 0 Å². The molecule has 1 aromatic rings. The lowest BCUT2D eigenvalue weighted by Crippen LogP contribution is -2.29. The Labute approximate surface area is 90.3 Å². The van der Waals surface area contributed by atoms with Crippen molar-refractivity contribution < 1.29 is 5.11 Å². The Balaban J connectivity index is 2.41. The molecule has 15 heavy (non-hydrogen) atoms. The minimum atomic E-state index is -0.0491. The van der Waals surface area contributed by atoms with Crippen molar-refractivity contribution in [3.05, 3.63) is 11.6 Å². The van der Waals surface area contributed by atoms with Crippen molar-refractivity contribution in [2.24, 2.45) is 0 Å². The molecule has 1 aromatic heterocycles. The molecule has 4 heteroatoms. The van der Waals surface area contributed by atoms with Crippen LogP contribution in [0, 0.1) is 0 Å². The van der Waals surface area contributed by atoms with Crippen LogP contribution in [-0.2, 0) is 12.1 Å². The van der Waals surface area contributed by atoms with E-state index in [4.69, 9.17) is 0 Å². The zero-order chi connectivity index (χ0) is 11.1. The highest BCUT2D eigenvalue weighted by molar-refractivity contribution is 5.08. The number of aliphatic hydroxyl groups is 1. The second-order valence-electron chi connectivity index (χ2n) is 5.27. The van der Waals surface area contributed by atoms with Crippen LogP contribution in [-0.4, -0.2) is 19.9 Å². The number of hydrogen-bond donors (Lipinski definition) is 1. The van der Waals surface area contributed by atoms with E-state index in [9.17, 15) is 5.11 Å². The molecule has 0 aliphatic heterocycles. The van der Waals surface area contributed by atoms with Crippen LogP contribution >= 0.6 is 0 Å². The van der Waals surface area contributed by atoms with Crippen molar-refractivity contribution in [3.63, 3.8) is 0 Å². The molecule has 0 spiro atoms. The molecule has 0 unspecified atom stereocenters. The van der Waals surface area contributed by atoms with Crippen molar-refractivity contribution in [1.29, 1.82) is 0 Å². The van der Waals surface area contributed by atoms with Gasteiger partial charge in [0.2, 0.25) is 0 Å². The first-order chi connectivity index (χ1) is 7.04. The molecule has 1 N–H and O–H groups in total. The molecule has 1 saturated carbocycles. The Kier molecular flexibility index (Phi) is 2.54. The zero-order valence-corrected chi connectivity index (χ0v) is 9.69. The predicted molar refractivity (Wildman–Crippen MR) is 57.5 cm³/mol. The molecule has 1 aliphatic carbocycles. The minimum absolute atomic E-state index is 0.0308. The largest absolute Gasteiger partial charge is 0.388 e. The lowest BCUT2D eigenvalue weighted by atomic mass is 9.84. The third-order valence-electron chi connectivity index (χ3n) is 3.04. The molecule has 0 bridgehead atoms. The topological polar surface area (TPSA) is 50.9 Å². The van der Waals surface area contributed by atoms with Gasteiger partial charge < -0.3 is 9.67 Å². The number of aromatic nitrogens is 3. The van der Waals surface area contributed by atoms with Gasteiger partial charge in [0, 0.05) is 11.5 Å². The molecule has 1 aliphatic rings. The highest BCUT2D eigenvalue weighted by Crippen LogP contribution is 2.37. The summed E-state index contributed by atoms with van der Waals surface area (Å²) in [6.45, 7) is 6.34. The van der Waals surface area contributed by atoms with Crippen molar-refractivity contribution in [2.45, 2.75) is 58.1 Å². The van der Waals surface area contributed by atoms with Gasteiger partial charge in [-0.05, 0) is 33.6 Å². The van der Waals surface area contributed by atoms with Crippen LogP contribution in [0.25, 0.3) is 0 Å². The van der Waals surface area contributed by atoms with Gasteiger partial charge in [0.05, 0.1) is 0 Å². The van der Waals surface area contributed by atoms with Gasteiger partial charge in [-0.1, -0.05) is 6.42 Å². The van der Waals surface area contributed by atoms with E-state index in [-0.39, 0.29) is 12.1 Å². The molecular weight excluding hydrogens is 190 g/mol. The standard InChI is InChI=1S/C11H19N3O/c1-11(2,3)14-9(7-15)12-13-10(14)8-5-4-6-8/h8,15H,4-7H2,1-3H3. The smallest absolute Gasteiger partial charge is 0.159 e. The Bertz CT molecular complexity index is 347. The maximum Gasteiger partial charge on any atom is 0.159 e. The number of rotatable bonds is 2. The van der Waals surface area contributed by atoms with Gasteiger partial charge in [-0.15, -0.1) is 10.2 Å². The van der Waals surface area contributed by atoms with Gasteiger partial charge in [0.25, 0.3) is 0 Å². The summed E-state index contributed by atoms with van der Waals surface area (Å²) < 4.78 is 2.09. The SMILES string of the molecule is CC(C)(C)n1c(CO)nnc1C1CCC1. The summed E-state index contributed by atoms with van der Waals surface area (Å²) in [5, 5.41) is 17.5. The molecule has 0 amide bonds. The molecule has 4 nitrogen and oxygen atoms in total. The molecule has 0 radical (unpaired) electrons. The summed E-state index contributed by atoms with van der Waals surface area (Å²) in [6, 6.07) is 0. The number of nitrogens with zero attached hydrogens (tertiary/aromatic N) is 3. The monoisotopic (exact) mass is 209 g/mol. The fourth-order valence-electron chi connectivity index (χ4n) is 2.09. The molecule has 0 saturated heterocycles. The third kappa shape index (κ3) is 1.78. The van der Waals surface area contributed by atoms with E-state index in [0.29, 0.717) is 11.7 Å². The summed E-state index contributed by atoms with van der Waals surface area (Å²) >= 11 is 0. The van der Waals surface area contributed by atoms with E-state index in [1.165, 1.54) is 19.3 Å². The van der Waals surface area contributed by atoms with Gasteiger partial charge >= 0.3 is 0 Å². The molecule has 0 aromatic carbocycles. The minimum Gasteiger partial charge on any atom is -0.388 e. The quantitative estimate of drug-likeness (QED) is 0.808. The van der Waals surface area contributed by atoms with Gasteiger partial charge in [0.15, 0.2) is 5.82 Å². The van der Waals surface area contributed by atoms with E-state index in [1.807, 2.05) is 0 Å². The van der Waals surface area contributed by atoms with Crippen molar-refractivity contribution in [3.8, 4) is 0 Å². The van der Waals surface area contributed by atoms with Gasteiger partial charge in [-0.25, -0.2) is 0 Å². The Morgan fingerprint density at radius 1 is 1.33 bits per heavy atom. The molecule has 84 valence electrons. The van der Waals surface area contributed by atoms with E-state index < -0.39 is 0 Å². The lowest BCUT2D eigenvalue weighted by molar-refractivity contribution is 0.243. The zero-order valence-electron chi connectivity index (χ0n) is 9.69. The summed E-state index contributed by atoms with van der Waals surface area (Å²) in [4.78, 5) is 0. The van der Waals surface area contributed by atoms with Crippen molar-refractivity contribution >= 4 is 0 Å². The summed E-state index contributed by atoms with van der Waals surface area (Å²) in [6.07, 6.45) is 3.70. The van der Waals surface area contributed by atoms with E-state index in [0.717, 1.165) is 5.82 Å². The van der Waals surface area contributed by atoms with Crippen LogP contribution in [0.3, 0.4) is 0 Å². The Hall–Kier alpha value is -0.900. The van der Waals surface area contributed by atoms with Crippen LogP contribution in [0.2, 0.25) is 0 Å². The number of aliphatic hydroxyl groups excluding tert-OH is 1. The van der Waals surface area contributed by atoms with E-state index in [1.54, 1.807) is 0 Å². The van der Waals surface area contributed by atoms with E-state index in [2.05, 4.69) is 35.5 Å². The average Bonchev–Trinajstić information content (AvgIpc) is 2.43. The summed E-state index contributed by atoms with van der Waals surface area (Å²) in [7, 11) is 0. The average molecular weight is 209 g/mol. The van der Waals surface area contributed by atoms with Crippen LogP contribution in [0.1, 0.15) is 57.6 Å². The molecule has 0 atom stereocenters. The van der Waals surface area contributed by atoms with Gasteiger partial charge in [-0.2, -0.15) is 0 Å². The molecule has 1 heterocycles. The maximum absolute atomic E-state index is 9.24. The van der Waals surface area contributed by atoms with E-state index >= 15 is 0 Å².